The number of nitrogens with one attached hydrogen (secondary N) is 1. The third-order valence-electron chi connectivity index (χ3n) is 2.63. The first-order chi connectivity index (χ1) is 9.20. The Balaban J connectivity index is 2.03. The van der Waals surface area contributed by atoms with Crippen LogP contribution in [0.2, 0.25) is 0 Å². The summed E-state index contributed by atoms with van der Waals surface area (Å²) in [6, 6.07) is 3.60. The number of carbonyl (C=O) groups excluding carboxylic acids is 1. The summed E-state index contributed by atoms with van der Waals surface area (Å²) < 4.78 is 2.85. The molecule has 0 fully saturated rings. The molecule has 0 radical (unpaired) electrons. The monoisotopic (exact) mass is 322 g/mol. The number of amides is 1. The van der Waals surface area contributed by atoms with Crippen LogP contribution in [-0.2, 0) is 13.1 Å². The standard InChI is InChI=1S/C13H15BrN4O/c1-2-5-18-8-10(14)6-12(18)13(19)16-7-11-3-4-15-9-17-11/h3-4,6,8-9H,2,5,7H2,1H3,(H,16,19). The summed E-state index contributed by atoms with van der Waals surface area (Å²) in [7, 11) is 0. The maximum absolute atomic E-state index is 12.1. The molecule has 0 aliphatic carbocycles. The molecule has 19 heavy (non-hydrogen) atoms. The van der Waals surface area contributed by atoms with Gasteiger partial charge in [-0.2, -0.15) is 0 Å². The average Bonchev–Trinajstić information content (AvgIpc) is 2.79. The van der Waals surface area contributed by atoms with Gasteiger partial charge in [-0.05, 0) is 34.5 Å². The van der Waals surface area contributed by atoms with Gasteiger partial charge in [0.05, 0.1) is 12.2 Å². The van der Waals surface area contributed by atoms with E-state index in [9.17, 15) is 4.79 Å². The average molecular weight is 323 g/mol. The second-order valence-electron chi connectivity index (χ2n) is 4.12. The maximum Gasteiger partial charge on any atom is 0.268 e. The van der Waals surface area contributed by atoms with Crippen LogP contribution in [0.4, 0.5) is 0 Å². The second kappa shape index (κ2) is 6.47. The first-order valence-corrected chi connectivity index (χ1v) is 6.88. The molecule has 2 aromatic heterocycles. The Morgan fingerprint density at radius 1 is 1.53 bits per heavy atom. The van der Waals surface area contributed by atoms with Gasteiger partial charge in [-0.25, -0.2) is 9.97 Å². The van der Waals surface area contributed by atoms with Crippen molar-refractivity contribution in [3.05, 3.63) is 46.7 Å². The van der Waals surface area contributed by atoms with Gasteiger partial charge in [0.2, 0.25) is 0 Å². The summed E-state index contributed by atoms with van der Waals surface area (Å²) in [6.07, 6.45) is 6.03. The molecule has 0 atom stereocenters. The van der Waals surface area contributed by atoms with E-state index in [-0.39, 0.29) is 5.91 Å². The Labute approximate surface area is 120 Å². The topological polar surface area (TPSA) is 59.8 Å². The third kappa shape index (κ3) is 3.64. The van der Waals surface area contributed by atoms with Crippen LogP contribution in [-0.4, -0.2) is 20.4 Å². The van der Waals surface area contributed by atoms with E-state index in [1.807, 2.05) is 16.8 Å². The predicted molar refractivity (Wildman–Crippen MR) is 75.6 cm³/mol. The minimum atomic E-state index is -0.0993. The van der Waals surface area contributed by atoms with E-state index in [0.717, 1.165) is 23.1 Å². The van der Waals surface area contributed by atoms with Gasteiger partial charge in [0.1, 0.15) is 12.0 Å². The highest BCUT2D eigenvalue weighted by Crippen LogP contribution is 2.15. The molecule has 0 aliphatic rings. The minimum absolute atomic E-state index is 0.0993. The lowest BCUT2D eigenvalue weighted by Gasteiger charge is -2.08. The molecule has 2 aromatic rings. The van der Waals surface area contributed by atoms with Gasteiger partial charge in [-0.15, -0.1) is 0 Å². The van der Waals surface area contributed by atoms with Gasteiger partial charge in [0, 0.05) is 23.4 Å². The van der Waals surface area contributed by atoms with Crippen molar-refractivity contribution in [2.24, 2.45) is 0 Å². The quantitative estimate of drug-likeness (QED) is 0.919. The fourth-order valence-corrected chi connectivity index (χ4v) is 2.24. The molecular formula is C13H15BrN4O. The lowest BCUT2D eigenvalue weighted by Crippen LogP contribution is -2.25. The summed E-state index contributed by atoms with van der Waals surface area (Å²) in [5, 5.41) is 2.86. The second-order valence-corrected chi connectivity index (χ2v) is 5.04. The van der Waals surface area contributed by atoms with Crippen molar-refractivity contribution in [1.29, 1.82) is 0 Å². The van der Waals surface area contributed by atoms with Gasteiger partial charge in [0.25, 0.3) is 5.91 Å². The van der Waals surface area contributed by atoms with Crippen molar-refractivity contribution in [3.8, 4) is 0 Å². The summed E-state index contributed by atoms with van der Waals surface area (Å²) in [5.74, 6) is -0.0993. The summed E-state index contributed by atoms with van der Waals surface area (Å²) in [5.41, 5.74) is 1.44. The smallest absolute Gasteiger partial charge is 0.268 e. The largest absolute Gasteiger partial charge is 0.345 e. The molecule has 1 N–H and O–H groups in total. The Kier molecular flexibility index (Phi) is 4.68. The zero-order chi connectivity index (χ0) is 13.7. The van der Waals surface area contributed by atoms with Crippen LogP contribution < -0.4 is 5.32 Å². The van der Waals surface area contributed by atoms with Crippen molar-refractivity contribution >= 4 is 21.8 Å². The van der Waals surface area contributed by atoms with Crippen LogP contribution in [0.3, 0.4) is 0 Å². The van der Waals surface area contributed by atoms with E-state index in [1.165, 1.54) is 6.33 Å². The van der Waals surface area contributed by atoms with Gasteiger partial charge in [-0.1, -0.05) is 6.92 Å². The van der Waals surface area contributed by atoms with Crippen molar-refractivity contribution in [1.82, 2.24) is 19.9 Å². The molecular weight excluding hydrogens is 308 g/mol. The number of aromatic nitrogens is 3. The fraction of sp³-hybridized carbons (Fsp3) is 0.308. The highest BCUT2D eigenvalue weighted by atomic mass is 79.9. The van der Waals surface area contributed by atoms with Crippen molar-refractivity contribution in [2.75, 3.05) is 0 Å². The van der Waals surface area contributed by atoms with E-state index >= 15 is 0 Å². The third-order valence-corrected chi connectivity index (χ3v) is 3.07. The Bertz CT molecular complexity index is 553. The number of hydrogen-bond donors (Lipinski definition) is 1. The van der Waals surface area contributed by atoms with E-state index in [4.69, 9.17) is 0 Å². The summed E-state index contributed by atoms with van der Waals surface area (Å²) in [6.45, 7) is 3.30. The molecule has 0 saturated heterocycles. The SMILES string of the molecule is CCCn1cc(Br)cc1C(=O)NCc1ccncn1. The zero-order valence-electron chi connectivity index (χ0n) is 10.6. The summed E-state index contributed by atoms with van der Waals surface area (Å²) >= 11 is 3.40. The van der Waals surface area contributed by atoms with Crippen LogP contribution in [0.15, 0.2) is 35.3 Å². The molecule has 0 unspecified atom stereocenters. The van der Waals surface area contributed by atoms with Crippen LogP contribution in [0.1, 0.15) is 29.5 Å². The van der Waals surface area contributed by atoms with Gasteiger partial charge >= 0.3 is 0 Å². The molecule has 5 nitrogen and oxygen atoms in total. The minimum Gasteiger partial charge on any atom is -0.345 e. The van der Waals surface area contributed by atoms with Gasteiger partial charge < -0.3 is 9.88 Å². The molecule has 0 bridgehead atoms. The van der Waals surface area contributed by atoms with Crippen LogP contribution >= 0.6 is 15.9 Å². The molecule has 6 heteroatoms. The van der Waals surface area contributed by atoms with E-state index in [2.05, 4.69) is 38.1 Å². The molecule has 1 amide bonds. The van der Waals surface area contributed by atoms with Gasteiger partial charge in [0.15, 0.2) is 0 Å². The van der Waals surface area contributed by atoms with Crippen molar-refractivity contribution < 1.29 is 4.79 Å². The van der Waals surface area contributed by atoms with Crippen LogP contribution in [0.5, 0.6) is 0 Å². The highest BCUT2D eigenvalue weighted by Gasteiger charge is 2.12. The van der Waals surface area contributed by atoms with E-state index < -0.39 is 0 Å². The van der Waals surface area contributed by atoms with Crippen LogP contribution in [0, 0.1) is 0 Å². The number of aryl methyl sites for hydroxylation is 1. The fourth-order valence-electron chi connectivity index (χ4n) is 1.78. The number of hydrogen-bond acceptors (Lipinski definition) is 3. The van der Waals surface area contributed by atoms with Crippen molar-refractivity contribution in [2.45, 2.75) is 26.4 Å². The number of carbonyl (C=O) groups is 1. The zero-order valence-corrected chi connectivity index (χ0v) is 12.2. The number of nitrogens with zero attached hydrogens (tertiary/aromatic N) is 3. The first kappa shape index (κ1) is 13.7. The normalized spacial score (nSPS) is 10.4. The Morgan fingerprint density at radius 3 is 3.05 bits per heavy atom. The Morgan fingerprint density at radius 2 is 2.37 bits per heavy atom. The molecule has 0 spiro atoms. The van der Waals surface area contributed by atoms with Crippen LogP contribution in [0.25, 0.3) is 0 Å². The molecule has 0 aromatic carbocycles. The first-order valence-electron chi connectivity index (χ1n) is 6.09. The lowest BCUT2D eigenvalue weighted by molar-refractivity contribution is 0.0941. The Hall–Kier alpha value is -1.69. The molecule has 0 saturated carbocycles. The molecule has 100 valence electrons. The number of rotatable bonds is 5. The molecule has 0 aliphatic heterocycles. The van der Waals surface area contributed by atoms with Gasteiger partial charge in [-0.3, -0.25) is 4.79 Å². The highest BCUT2D eigenvalue weighted by molar-refractivity contribution is 9.10. The maximum atomic E-state index is 12.1. The predicted octanol–water partition coefficient (Wildman–Crippen LogP) is 2.38. The van der Waals surface area contributed by atoms with E-state index in [0.29, 0.717) is 12.2 Å². The lowest BCUT2D eigenvalue weighted by atomic mass is 10.3. The summed E-state index contributed by atoms with van der Waals surface area (Å²) in [4.78, 5) is 20.0. The van der Waals surface area contributed by atoms with Crippen molar-refractivity contribution in [3.63, 3.8) is 0 Å². The molecule has 2 rings (SSSR count). The number of halogens is 1. The molecule has 2 heterocycles. The van der Waals surface area contributed by atoms with E-state index in [1.54, 1.807) is 12.3 Å².